The summed E-state index contributed by atoms with van der Waals surface area (Å²) in [6.07, 6.45) is 1.26. The maximum Gasteiger partial charge on any atom is 0.472 e. The molecule has 210 valence electrons. The fraction of sp³-hybridized carbons (Fsp3) is 0.500. The number of anilines is 1. The van der Waals surface area contributed by atoms with E-state index in [0.29, 0.717) is 0 Å². The topological polar surface area (TPSA) is 245 Å². The summed E-state index contributed by atoms with van der Waals surface area (Å²) >= 11 is 0. The summed E-state index contributed by atoms with van der Waals surface area (Å²) in [5, 5.41) is 0. The van der Waals surface area contributed by atoms with E-state index in [1.807, 2.05) is 0 Å². The van der Waals surface area contributed by atoms with Crippen molar-refractivity contribution in [2.24, 2.45) is 0 Å². The number of imidazole rings is 1. The van der Waals surface area contributed by atoms with Crippen LogP contribution in [0, 0.1) is 6.92 Å². The van der Waals surface area contributed by atoms with Gasteiger partial charge in [0.15, 0.2) is 11.5 Å². The minimum absolute atomic E-state index is 0.0985. The molecule has 20 heteroatoms. The van der Waals surface area contributed by atoms with Crippen molar-refractivity contribution in [1.29, 1.82) is 0 Å². The van der Waals surface area contributed by atoms with Crippen molar-refractivity contribution in [3.8, 4) is 0 Å². The molecule has 0 saturated heterocycles. The SMILES string of the molecule is COC[C@@H](Cn1cc(C)c(=O)[nH]c1=O)OP(=O)(O)OC[C@@H](Cn1cnc2c(N)ncnc21)OP(=O)(O)OC. The van der Waals surface area contributed by atoms with E-state index >= 15 is 0 Å². The number of fused-ring (bicyclic) bond motifs is 1. The maximum atomic E-state index is 12.7. The number of hydrogen-bond acceptors (Lipinski definition) is 13. The number of phosphoric ester groups is 2. The second kappa shape index (κ2) is 12.4. The van der Waals surface area contributed by atoms with Crippen molar-refractivity contribution >= 4 is 32.6 Å². The molecular weight excluding hydrogens is 552 g/mol. The van der Waals surface area contributed by atoms with Gasteiger partial charge >= 0.3 is 21.3 Å². The first kappa shape index (κ1) is 29.8. The van der Waals surface area contributed by atoms with Crippen LogP contribution in [0.15, 0.2) is 28.4 Å². The van der Waals surface area contributed by atoms with Crippen LogP contribution in [0.2, 0.25) is 0 Å². The van der Waals surface area contributed by atoms with Crippen LogP contribution in [0.3, 0.4) is 0 Å². The van der Waals surface area contributed by atoms with Crippen molar-refractivity contribution < 1.29 is 41.7 Å². The van der Waals surface area contributed by atoms with Crippen molar-refractivity contribution in [1.82, 2.24) is 29.1 Å². The summed E-state index contributed by atoms with van der Waals surface area (Å²) in [4.78, 5) is 57.9. The number of phosphoric acid groups is 2. The first-order valence-electron chi connectivity index (χ1n) is 10.8. The molecule has 0 saturated carbocycles. The number of rotatable bonds is 14. The molecule has 3 heterocycles. The zero-order valence-corrected chi connectivity index (χ0v) is 22.3. The van der Waals surface area contributed by atoms with Gasteiger partial charge in [-0.2, -0.15) is 0 Å². The lowest BCUT2D eigenvalue weighted by molar-refractivity contribution is 0.0177. The highest BCUT2D eigenvalue weighted by Gasteiger charge is 2.32. The zero-order valence-electron chi connectivity index (χ0n) is 20.5. The third-order valence-electron chi connectivity index (χ3n) is 4.99. The number of ether oxygens (including phenoxy) is 1. The number of nitrogens with one attached hydrogen (secondary N) is 1. The van der Waals surface area contributed by atoms with Crippen LogP contribution in [-0.2, 0) is 45.1 Å². The van der Waals surface area contributed by atoms with Gasteiger partial charge in [0.2, 0.25) is 0 Å². The zero-order chi connectivity index (χ0) is 28.1. The van der Waals surface area contributed by atoms with Crippen molar-refractivity contribution in [2.45, 2.75) is 32.2 Å². The van der Waals surface area contributed by atoms with E-state index in [9.17, 15) is 28.5 Å². The van der Waals surface area contributed by atoms with Crippen LogP contribution in [0.5, 0.6) is 0 Å². The Kier molecular flexibility index (Phi) is 9.69. The first-order chi connectivity index (χ1) is 17.8. The van der Waals surface area contributed by atoms with Gasteiger partial charge in [0.1, 0.15) is 24.1 Å². The molecule has 0 aliphatic rings. The third kappa shape index (κ3) is 7.86. The number of H-pyrrole nitrogens is 1. The Bertz CT molecular complexity index is 1470. The molecular formula is C18H27N7O11P2. The van der Waals surface area contributed by atoms with E-state index in [-0.39, 0.29) is 42.2 Å². The first-order valence-corrected chi connectivity index (χ1v) is 13.8. The van der Waals surface area contributed by atoms with E-state index in [1.54, 1.807) is 0 Å². The Morgan fingerprint density at radius 2 is 1.68 bits per heavy atom. The Balaban J connectivity index is 1.75. The van der Waals surface area contributed by atoms with Crippen LogP contribution in [-0.4, -0.2) is 78.5 Å². The number of nitrogens with zero attached hydrogens (tertiary/aromatic N) is 5. The van der Waals surface area contributed by atoms with Gasteiger partial charge in [0.05, 0.1) is 32.6 Å². The summed E-state index contributed by atoms with van der Waals surface area (Å²) in [5.41, 5.74) is 5.19. The molecule has 2 unspecified atom stereocenters. The Hall–Kier alpha value is -2.79. The van der Waals surface area contributed by atoms with Gasteiger partial charge in [-0.15, -0.1) is 0 Å². The number of aromatic amines is 1. The fourth-order valence-electron chi connectivity index (χ4n) is 3.27. The molecule has 38 heavy (non-hydrogen) atoms. The van der Waals surface area contributed by atoms with Gasteiger partial charge in [-0.25, -0.2) is 28.9 Å². The largest absolute Gasteiger partial charge is 0.472 e. The molecule has 4 atom stereocenters. The van der Waals surface area contributed by atoms with Gasteiger partial charge in [-0.3, -0.25) is 32.4 Å². The molecule has 5 N–H and O–H groups in total. The molecule has 0 amide bonds. The van der Waals surface area contributed by atoms with Gasteiger partial charge in [0, 0.05) is 26.0 Å². The number of methoxy groups -OCH3 is 1. The summed E-state index contributed by atoms with van der Waals surface area (Å²) < 4.78 is 52.0. The van der Waals surface area contributed by atoms with Gasteiger partial charge < -0.3 is 24.8 Å². The van der Waals surface area contributed by atoms with Gasteiger partial charge in [-0.05, 0) is 6.92 Å². The predicted octanol–water partition coefficient (Wildman–Crippen LogP) is -0.452. The number of nitrogen functional groups attached to an aromatic ring is 1. The molecule has 3 rings (SSSR count). The minimum Gasteiger partial charge on any atom is -0.382 e. The summed E-state index contributed by atoms with van der Waals surface area (Å²) in [7, 11) is -7.18. The molecule has 0 fully saturated rings. The lowest BCUT2D eigenvalue weighted by Crippen LogP contribution is -2.36. The highest BCUT2D eigenvalue weighted by molar-refractivity contribution is 7.47. The summed E-state index contributed by atoms with van der Waals surface area (Å²) in [6, 6.07) is 0. The summed E-state index contributed by atoms with van der Waals surface area (Å²) in [6.45, 7) is 0.0323. The predicted molar refractivity (Wildman–Crippen MR) is 130 cm³/mol. The van der Waals surface area contributed by atoms with Gasteiger partial charge in [-0.1, -0.05) is 0 Å². The number of nitrogens with two attached hydrogens (primary N) is 1. The van der Waals surface area contributed by atoms with Crippen LogP contribution >= 0.6 is 15.6 Å². The molecule has 0 aliphatic heterocycles. The number of hydrogen-bond donors (Lipinski definition) is 4. The van der Waals surface area contributed by atoms with E-state index in [0.717, 1.165) is 11.7 Å². The lowest BCUT2D eigenvalue weighted by Gasteiger charge is -2.24. The molecule has 18 nitrogen and oxygen atoms in total. The van der Waals surface area contributed by atoms with Crippen molar-refractivity contribution in [2.75, 3.05) is 33.2 Å². The van der Waals surface area contributed by atoms with E-state index in [2.05, 4.69) is 24.5 Å². The highest BCUT2D eigenvalue weighted by atomic mass is 31.2. The van der Waals surface area contributed by atoms with Crippen molar-refractivity contribution in [3.63, 3.8) is 0 Å². The van der Waals surface area contributed by atoms with Gasteiger partial charge in [0.25, 0.3) is 5.56 Å². The standard InChI is InChI=1S/C18H27N7O11P2/c1-11-4-24(18(27)23-17(11)26)5-12(7-32-2)36-38(30,31)34-8-13(35-37(28,29)33-3)6-25-10-22-14-15(19)20-9-21-16(14)25/h4,9-10,12-13H,5-8H2,1-3H3,(H,28,29)(H,30,31)(H2,19,20,21)(H,23,26,27)/t12-,13-/m1/s1. The number of aryl methyl sites for hydroxylation is 1. The van der Waals surface area contributed by atoms with E-state index in [4.69, 9.17) is 24.0 Å². The lowest BCUT2D eigenvalue weighted by atomic mass is 10.3. The van der Waals surface area contributed by atoms with Crippen molar-refractivity contribution in [3.05, 3.63) is 45.3 Å². The molecule has 0 bridgehead atoms. The molecule has 3 aromatic heterocycles. The molecule has 0 aliphatic carbocycles. The Labute approximate surface area is 214 Å². The monoisotopic (exact) mass is 579 g/mol. The Morgan fingerprint density at radius 3 is 2.37 bits per heavy atom. The maximum absolute atomic E-state index is 12.7. The smallest absolute Gasteiger partial charge is 0.382 e. The van der Waals surface area contributed by atoms with E-state index < -0.39 is 45.7 Å². The third-order valence-corrected chi connectivity index (χ3v) is 7.06. The average molecular weight is 579 g/mol. The second-order valence-electron chi connectivity index (χ2n) is 7.88. The molecule has 3 aromatic rings. The molecule has 0 aromatic carbocycles. The van der Waals surface area contributed by atoms with Crippen LogP contribution < -0.4 is 17.0 Å². The summed E-state index contributed by atoms with van der Waals surface area (Å²) in [5.74, 6) is 0.0985. The average Bonchev–Trinajstić information content (AvgIpc) is 3.25. The highest BCUT2D eigenvalue weighted by Crippen LogP contribution is 2.47. The van der Waals surface area contributed by atoms with Crippen LogP contribution in [0.25, 0.3) is 11.2 Å². The normalized spacial score (nSPS) is 16.7. The van der Waals surface area contributed by atoms with E-state index in [1.165, 1.54) is 37.5 Å². The fourth-order valence-corrected chi connectivity index (χ4v) is 4.78. The Morgan fingerprint density at radius 1 is 1.03 bits per heavy atom. The number of aromatic nitrogens is 6. The quantitative estimate of drug-likeness (QED) is 0.177. The second-order valence-corrected chi connectivity index (χ2v) is 10.8. The van der Waals surface area contributed by atoms with Crippen LogP contribution in [0.1, 0.15) is 5.56 Å². The van der Waals surface area contributed by atoms with Crippen LogP contribution in [0.4, 0.5) is 5.82 Å². The minimum atomic E-state index is -4.86. The molecule has 0 radical (unpaired) electrons. The molecule has 0 spiro atoms.